The largest absolute Gasteiger partial charge is 0.454 e. The van der Waals surface area contributed by atoms with Gasteiger partial charge < -0.3 is 14.8 Å². The lowest BCUT2D eigenvalue weighted by Crippen LogP contribution is -2.41. The van der Waals surface area contributed by atoms with Crippen LogP contribution in [0.15, 0.2) is 42.5 Å². The van der Waals surface area contributed by atoms with Gasteiger partial charge in [-0.15, -0.1) is 0 Å². The van der Waals surface area contributed by atoms with Crippen LogP contribution in [-0.4, -0.2) is 38.5 Å². The highest BCUT2D eigenvalue weighted by molar-refractivity contribution is 7.93. The van der Waals surface area contributed by atoms with Crippen LogP contribution < -0.4 is 30.4 Å². The third-order valence-electron chi connectivity index (χ3n) is 5.20. The molecule has 2 heterocycles. The molecule has 2 unspecified atom stereocenters. The Morgan fingerprint density at radius 1 is 1.07 bits per heavy atom. The second kappa shape index (κ2) is 8.13. The topological polar surface area (TPSA) is 118 Å². The van der Waals surface area contributed by atoms with Crippen LogP contribution in [-0.2, 0) is 16.6 Å². The van der Waals surface area contributed by atoms with Gasteiger partial charge in [-0.25, -0.2) is 8.42 Å². The summed E-state index contributed by atoms with van der Waals surface area (Å²) < 4.78 is 39.1. The number of anilines is 1. The lowest BCUT2D eigenvalue weighted by atomic mass is 10.1. The lowest BCUT2D eigenvalue weighted by Gasteiger charge is -2.20. The molecule has 4 N–H and O–H groups in total. The molecule has 0 aromatic heterocycles. The van der Waals surface area contributed by atoms with Crippen LogP contribution in [0.1, 0.15) is 29.8 Å². The van der Waals surface area contributed by atoms with Crippen molar-refractivity contribution < 1.29 is 22.7 Å². The molecule has 0 saturated carbocycles. The first kappa shape index (κ1) is 20.5. The predicted octanol–water partition coefficient (Wildman–Crippen LogP) is 1.34. The Morgan fingerprint density at radius 2 is 1.77 bits per heavy atom. The Kier molecular flexibility index (Phi) is 5.54. The summed E-state index contributed by atoms with van der Waals surface area (Å²) in [5, 5.41) is 2.15. The number of carbonyl (C=O) groups excluding carboxylic acids is 1. The molecule has 0 aliphatic carbocycles. The van der Waals surface area contributed by atoms with Gasteiger partial charge in [-0.1, -0.05) is 18.2 Å². The van der Waals surface area contributed by atoms with Crippen LogP contribution in [0.2, 0.25) is 0 Å². The van der Waals surface area contributed by atoms with Crippen molar-refractivity contribution in [2.75, 3.05) is 11.5 Å². The van der Waals surface area contributed by atoms with Gasteiger partial charge in [-0.2, -0.15) is 0 Å². The molecule has 2 aliphatic heterocycles. The molecule has 160 valence electrons. The molecule has 2 aromatic rings. The fourth-order valence-corrected chi connectivity index (χ4v) is 5.55. The molecule has 1 fully saturated rings. The summed E-state index contributed by atoms with van der Waals surface area (Å²) in [4.78, 5) is 12.8. The molecule has 9 nitrogen and oxygen atoms in total. The monoisotopic (exact) mass is 432 g/mol. The molecule has 0 spiro atoms. The number of benzene rings is 2. The van der Waals surface area contributed by atoms with Crippen molar-refractivity contribution >= 4 is 21.6 Å². The summed E-state index contributed by atoms with van der Waals surface area (Å²) in [7, 11) is -3.73. The minimum Gasteiger partial charge on any atom is -0.454 e. The molecule has 10 heteroatoms. The smallest absolute Gasteiger partial charge is 0.253 e. The SMILES string of the molecule is CC1NNC(C)C1S(=O)(=O)Nc1ccccc1C(=O)NCc1ccc2c(c1)OCO2. The zero-order valence-corrected chi connectivity index (χ0v) is 17.5. The third kappa shape index (κ3) is 4.07. The Bertz CT molecular complexity index is 1050. The van der Waals surface area contributed by atoms with Crippen LogP contribution in [0.4, 0.5) is 5.69 Å². The van der Waals surface area contributed by atoms with E-state index in [9.17, 15) is 13.2 Å². The highest BCUT2D eigenvalue weighted by Gasteiger charge is 2.40. The van der Waals surface area contributed by atoms with Gasteiger partial charge in [0.25, 0.3) is 5.91 Å². The van der Waals surface area contributed by atoms with Gasteiger partial charge in [-0.3, -0.25) is 20.4 Å². The number of nitrogens with one attached hydrogen (secondary N) is 4. The van der Waals surface area contributed by atoms with Crippen LogP contribution in [0.3, 0.4) is 0 Å². The van der Waals surface area contributed by atoms with Gasteiger partial charge in [0.1, 0.15) is 5.25 Å². The number of sulfonamides is 1. The number of amides is 1. The molecule has 4 rings (SSSR count). The van der Waals surface area contributed by atoms with E-state index in [2.05, 4.69) is 20.9 Å². The zero-order valence-electron chi connectivity index (χ0n) is 16.6. The van der Waals surface area contributed by atoms with E-state index in [4.69, 9.17) is 9.47 Å². The molecule has 0 bridgehead atoms. The summed E-state index contributed by atoms with van der Waals surface area (Å²) in [6, 6.07) is 11.4. The predicted molar refractivity (Wildman–Crippen MR) is 112 cm³/mol. The highest BCUT2D eigenvalue weighted by Crippen LogP contribution is 2.32. The Hall–Kier alpha value is -2.82. The van der Waals surface area contributed by atoms with Gasteiger partial charge in [0, 0.05) is 18.6 Å². The zero-order chi connectivity index (χ0) is 21.3. The Labute approximate surface area is 175 Å². The van der Waals surface area contributed by atoms with Crippen molar-refractivity contribution in [3.63, 3.8) is 0 Å². The Balaban J connectivity index is 1.48. The summed E-state index contributed by atoms with van der Waals surface area (Å²) >= 11 is 0. The molecule has 2 aliphatic rings. The molecule has 30 heavy (non-hydrogen) atoms. The van der Waals surface area contributed by atoms with E-state index in [0.717, 1.165) is 5.56 Å². The van der Waals surface area contributed by atoms with Crippen LogP contribution in [0, 0.1) is 0 Å². The second-order valence-corrected chi connectivity index (χ2v) is 9.23. The van der Waals surface area contributed by atoms with E-state index in [0.29, 0.717) is 11.5 Å². The van der Waals surface area contributed by atoms with Crippen LogP contribution >= 0.6 is 0 Å². The fourth-order valence-electron chi connectivity index (χ4n) is 3.72. The maximum Gasteiger partial charge on any atom is 0.253 e. The number of carbonyl (C=O) groups is 1. The van der Waals surface area contributed by atoms with Crippen molar-refractivity contribution in [3.8, 4) is 11.5 Å². The third-order valence-corrected chi connectivity index (χ3v) is 7.23. The average Bonchev–Trinajstić information content (AvgIpc) is 3.32. The van der Waals surface area contributed by atoms with E-state index in [1.807, 2.05) is 6.07 Å². The molecular weight excluding hydrogens is 408 g/mol. The first-order valence-electron chi connectivity index (χ1n) is 9.63. The van der Waals surface area contributed by atoms with E-state index < -0.39 is 15.3 Å². The van der Waals surface area contributed by atoms with Crippen LogP contribution in [0.25, 0.3) is 0 Å². The molecule has 2 atom stereocenters. The number of para-hydroxylation sites is 1. The van der Waals surface area contributed by atoms with E-state index in [-0.39, 0.29) is 42.6 Å². The lowest BCUT2D eigenvalue weighted by molar-refractivity contribution is 0.0951. The first-order valence-corrected chi connectivity index (χ1v) is 11.2. The highest BCUT2D eigenvalue weighted by atomic mass is 32.2. The molecule has 2 aromatic carbocycles. The number of ether oxygens (including phenoxy) is 2. The van der Waals surface area contributed by atoms with Gasteiger partial charge in [-0.05, 0) is 43.7 Å². The van der Waals surface area contributed by atoms with Crippen molar-refractivity contribution in [2.24, 2.45) is 0 Å². The van der Waals surface area contributed by atoms with E-state index in [1.54, 1.807) is 50.2 Å². The molecular formula is C20H24N4O5S. The van der Waals surface area contributed by atoms with Gasteiger partial charge in [0.05, 0.1) is 11.3 Å². The summed E-state index contributed by atoms with van der Waals surface area (Å²) in [6.07, 6.45) is 0. The van der Waals surface area contributed by atoms with Crippen molar-refractivity contribution in [2.45, 2.75) is 37.7 Å². The first-order chi connectivity index (χ1) is 14.3. The van der Waals surface area contributed by atoms with Gasteiger partial charge in [0.2, 0.25) is 16.8 Å². The molecule has 0 radical (unpaired) electrons. The maximum atomic E-state index is 12.9. The average molecular weight is 433 g/mol. The molecule has 1 amide bonds. The molecule has 1 saturated heterocycles. The van der Waals surface area contributed by atoms with Crippen molar-refractivity contribution in [1.29, 1.82) is 0 Å². The number of rotatable bonds is 6. The van der Waals surface area contributed by atoms with Crippen LogP contribution in [0.5, 0.6) is 11.5 Å². The standard InChI is InChI=1S/C20H24N4O5S/c1-12-19(13(2)23-22-12)30(26,27)24-16-6-4-3-5-15(16)20(25)21-10-14-7-8-17-18(9-14)29-11-28-17/h3-9,12-13,19,22-24H,10-11H2,1-2H3,(H,21,25). The quantitative estimate of drug-likeness (QED) is 0.544. The summed E-state index contributed by atoms with van der Waals surface area (Å²) in [5.74, 6) is 0.927. The fraction of sp³-hybridized carbons (Fsp3) is 0.350. The number of fused-ring (bicyclic) bond motifs is 1. The van der Waals surface area contributed by atoms with Crippen molar-refractivity contribution in [3.05, 3.63) is 53.6 Å². The minimum atomic E-state index is -3.73. The normalized spacial score (nSPS) is 22.7. The minimum absolute atomic E-state index is 0.182. The Morgan fingerprint density at radius 3 is 2.53 bits per heavy atom. The summed E-state index contributed by atoms with van der Waals surface area (Å²) in [5.41, 5.74) is 7.21. The van der Waals surface area contributed by atoms with Gasteiger partial charge in [0.15, 0.2) is 11.5 Å². The summed E-state index contributed by atoms with van der Waals surface area (Å²) in [6.45, 7) is 4.04. The van der Waals surface area contributed by atoms with E-state index in [1.165, 1.54) is 0 Å². The number of hydrazine groups is 1. The van der Waals surface area contributed by atoms with E-state index >= 15 is 0 Å². The van der Waals surface area contributed by atoms with Crippen molar-refractivity contribution in [1.82, 2.24) is 16.2 Å². The number of hydrogen-bond donors (Lipinski definition) is 4. The number of hydrogen-bond acceptors (Lipinski definition) is 7. The maximum absolute atomic E-state index is 12.9. The van der Waals surface area contributed by atoms with Gasteiger partial charge >= 0.3 is 0 Å². The second-order valence-electron chi connectivity index (χ2n) is 7.39.